The van der Waals surface area contributed by atoms with Crippen molar-refractivity contribution in [3.8, 4) is 5.75 Å². The van der Waals surface area contributed by atoms with E-state index < -0.39 is 9.05 Å². The Bertz CT molecular complexity index is 568. The van der Waals surface area contributed by atoms with Crippen LogP contribution in [0.15, 0.2) is 17.0 Å². The highest BCUT2D eigenvalue weighted by Crippen LogP contribution is 2.38. The molecule has 106 valence electrons. The van der Waals surface area contributed by atoms with Gasteiger partial charge in [-0.05, 0) is 18.6 Å². The monoisotopic (exact) mass is 344 g/mol. The molecule has 0 N–H and O–H groups in total. The summed E-state index contributed by atoms with van der Waals surface area (Å²) < 4.78 is 33.3. The molecule has 1 heterocycles. The van der Waals surface area contributed by atoms with Gasteiger partial charge in [-0.1, -0.05) is 23.2 Å². The van der Waals surface area contributed by atoms with E-state index in [1.54, 1.807) is 0 Å². The molecule has 1 saturated heterocycles. The van der Waals surface area contributed by atoms with E-state index in [9.17, 15) is 8.42 Å². The van der Waals surface area contributed by atoms with Gasteiger partial charge in [-0.25, -0.2) is 8.42 Å². The van der Waals surface area contributed by atoms with Crippen LogP contribution >= 0.6 is 33.9 Å². The molecule has 0 amide bonds. The normalized spacial score (nSPS) is 19.6. The lowest BCUT2D eigenvalue weighted by Gasteiger charge is -2.13. The first-order chi connectivity index (χ1) is 8.89. The fourth-order valence-electron chi connectivity index (χ4n) is 1.74. The van der Waals surface area contributed by atoms with E-state index in [1.807, 2.05) is 0 Å². The van der Waals surface area contributed by atoms with Gasteiger partial charge in [-0.15, -0.1) is 0 Å². The van der Waals surface area contributed by atoms with E-state index in [-0.39, 0.29) is 14.9 Å². The van der Waals surface area contributed by atoms with E-state index in [1.165, 1.54) is 12.1 Å². The molecule has 1 fully saturated rings. The summed E-state index contributed by atoms with van der Waals surface area (Å²) in [7, 11) is 1.32. The van der Waals surface area contributed by atoms with E-state index >= 15 is 0 Å². The third-order valence-electron chi connectivity index (χ3n) is 2.77. The molecular formula is C11H11Cl3O4S. The van der Waals surface area contributed by atoms with Crippen molar-refractivity contribution in [1.82, 2.24) is 0 Å². The van der Waals surface area contributed by atoms with Crippen molar-refractivity contribution < 1.29 is 17.9 Å². The highest BCUT2D eigenvalue weighted by atomic mass is 35.7. The van der Waals surface area contributed by atoms with Gasteiger partial charge in [0, 0.05) is 23.2 Å². The molecule has 1 aromatic carbocycles. The highest BCUT2D eigenvalue weighted by molar-refractivity contribution is 8.13. The van der Waals surface area contributed by atoms with Crippen LogP contribution in [0.4, 0.5) is 0 Å². The maximum Gasteiger partial charge on any atom is 0.262 e. The number of rotatable bonds is 4. The number of benzene rings is 1. The maximum absolute atomic E-state index is 11.2. The minimum atomic E-state index is -3.92. The molecule has 1 aliphatic heterocycles. The molecule has 4 nitrogen and oxygen atoms in total. The Morgan fingerprint density at radius 1 is 1.32 bits per heavy atom. The lowest BCUT2D eigenvalue weighted by Crippen LogP contribution is -2.12. The second kappa shape index (κ2) is 6.06. The van der Waals surface area contributed by atoms with Crippen molar-refractivity contribution in [2.45, 2.75) is 11.3 Å². The van der Waals surface area contributed by atoms with E-state index in [2.05, 4.69) is 0 Å². The van der Waals surface area contributed by atoms with Crippen molar-refractivity contribution in [3.63, 3.8) is 0 Å². The highest BCUT2D eigenvalue weighted by Gasteiger charge is 2.21. The van der Waals surface area contributed by atoms with E-state index in [4.69, 9.17) is 43.4 Å². The molecule has 19 heavy (non-hydrogen) atoms. The van der Waals surface area contributed by atoms with Gasteiger partial charge in [0.05, 0.1) is 18.2 Å². The Morgan fingerprint density at radius 3 is 2.63 bits per heavy atom. The van der Waals surface area contributed by atoms with Gasteiger partial charge in [0.15, 0.2) is 0 Å². The summed E-state index contributed by atoms with van der Waals surface area (Å²) in [5.74, 6) is 0.647. The molecule has 8 heteroatoms. The van der Waals surface area contributed by atoms with Crippen LogP contribution in [0.3, 0.4) is 0 Å². The van der Waals surface area contributed by atoms with Crippen LogP contribution in [0, 0.1) is 5.92 Å². The molecule has 0 radical (unpaired) electrons. The van der Waals surface area contributed by atoms with E-state index in [0.29, 0.717) is 24.9 Å². The Morgan fingerprint density at radius 2 is 2.05 bits per heavy atom. The van der Waals surface area contributed by atoms with Crippen LogP contribution in [-0.2, 0) is 13.8 Å². The van der Waals surface area contributed by atoms with Gasteiger partial charge in [-0.3, -0.25) is 0 Å². The maximum atomic E-state index is 11.2. The minimum absolute atomic E-state index is 0.0438. The van der Waals surface area contributed by atoms with Crippen LogP contribution in [0.25, 0.3) is 0 Å². The fraction of sp³-hybridized carbons (Fsp3) is 0.455. The minimum Gasteiger partial charge on any atom is -0.492 e. The number of ether oxygens (including phenoxy) is 2. The third-order valence-corrected chi connectivity index (χ3v) is 5.11. The van der Waals surface area contributed by atoms with Gasteiger partial charge in [0.25, 0.3) is 9.05 Å². The predicted molar refractivity (Wildman–Crippen MR) is 73.9 cm³/mol. The van der Waals surface area contributed by atoms with Crippen molar-refractivity contribution in [1.29, 1.82) is 0 Å². The van der Waals surface area contributed by atoms with Crippen molar-refractivity contribution in [3.05, 3.63) is 22.2 Å². The molecule has 0 saturated carbocycles. The lowest BCUT2D eigenvalue weighted by molar-refractivity contribution is 0.167. The average Bonchev–Trinajstić information content (AvgIpc) is 2.82. The van der Waals surface area contributed by atoms with Crippen LogP contribution in [0.5, 0.6) is 5.75 Å². The van der Waals surface area contributed by atoms with Crippen molar-refractivity contribution in [2.75, 3.05) is 19.8 Å². The molecule has 0 spiro atoms. The lowest BCUT2D eigenvalue weighted by atomic mass is 10.1. The SMILES string of the molecule is O=S(=O)(Cl)c1ccc(OCC2CCOC2)c(Cl)c1Cl. The molecule has 1 aliphatic rings. The van der Waals surface area contributed by atoms with Crippen LogP contribution in [0.1, 0.15) is 6.42 Å². The summed E-state index contributed by atoms with van der Waals surface area (Å²) in [6.07, 6.45) is 0.930. The van der Waals surface area contributed by atoms with Gasteiger partial charge in [-0.2, -0.15) is 0 Å². The first kappa shape index (κ1) is 15.2. The first-order valence-electron chi connectivity index (χ1n) is 5.53. The van der Waals surface area contributed by atoms with Crippen LogP contribution < -0.4 is 4.74 Å². The summed E-state index contributed by atoms with van der Waals surface area (Å²) >= 11 is 11.9. The van der Waals surface area contributed by atoms with Crippen LogP contribution in [0.2, 0.25) is 10.0 Å². The van der Waals surface area contributed by atoms with Gasteiger partial charge in [0.1, 0.15) is 15.7 Å². The second-order valence-electron chi connectivity index (χ2n) is 4.17. The topological polar surface area (TPSA) is 52.6 Å². The fourth-order valence-corrected chi connectivity index (χ4v) is 3.52. The molecule has 1 unspecified atom stereocenters. The summed E-state index contributed by atoms with van der Waals surface area (Å²) in [5.41, 5.74) is 0. The second-order valence-corrected chi connectivity index (χ2v) is 7.46. The smallest absolute Gasteiger partial charge is 0.262 e. The number of halogens is 3. The average molecular weight is 346 g/mol. The summed E-state index contributed by atoms with van der Waals surface area (Å²) in [5, 5.41) is -0.0841. The standard InChI is InChI=1S/C11H11Cl3O4S/c12-10-8(18-6-7-3-4-17-5-7)1-2-9(11(10)13)19(14,15)16/h1-2,7H,3-6H2. The summed E-state index contributed by atoms with van der Waals surface area (Å²) in [6, 6.07) is 2.72. The van der Waals surface area contributed by atoms with Gasteiger partial charge < -0.3 is 9.47 Å². The molecule has 1 atom stereocenters. The zero-order valence-corrected chi connectivity index (χ0v) is 12.8. The molecule has 2 rings (SSSR count). The Balaban J connectivity index is 2.16. The van der Waals surface area contributed by atoms with E-state index in [0.717, 1.165) is 13.0 Å². The van der Waals surface area contributed by atoms with Crippen LogP contribution in [-0.4, -0.2) is 28.2 Å². The first-order valence-corrected chi connectivity index (χ1v) is 8.59. The Labute approximate surface area is 126 Å². The molecule has 1 aromatic rings. The molecule has 0 aromatic heterocycles. The quantitative estimate of drug-likeness (QED) is 0.785. The van der Waals surface area contributed by atoms with Crippen molar-refractivity contribution in [2.24, 2.45) is 5.92 Å². The molecule has 0 aliphatic carbocycles. The predicted octanol–water partition coefficient (Wildman–Crippen LogP) is 3.34. The largest absolute Gasteiger partial charge is 0.492 e. The summed E-state index contributed by atoms with van der Waals surface area (Å²) in [4.78, 5) is -0.225. The summed E-state index contributed by atoms with van der Waals surface area (Å²) in [6.45, 7) is 1.83. The number of hydrogen-bond acceptors (Lipinski definition) is 4. The zero-order chi connectivity index (χ0) is 14.0. The number of hydrogen-bond donors (Lipinski definition) is 0. The zero-order valence-electron chi connectivity index (χ0n) is 9.74. The third kappa shape index (κ3) is 3.67. The Hall–Kier alpha value is -0.200. The Kier molecular flexibility index (Phi) is 4.84. The van der Waals surface area contributed by atoms with Crippen molar-refractivity contribution >= 4 is 42.9 Å². The van der Waals surface area contributed by atoms with Gasteiger partial charge >= 0.3 is 0 Å². The van der Waals surface area contributed by atoms with Gasteiger partial charge in [0.2, 0.25) is 0 Å². The molecular weight excluding hydrogens is 335 g/mol. The molecule has 0 bridgehead atoms.